The number of pyridine rings is 1. The fourth-order valence-electron chi connectivity index (χ4n) is 1.35. The van der Waals surface area contributed by atoms with Crippen molar-refractivity contribution in [2.24, 2.45) is 7.05 Å². The molecule has 0 saturated carbocycles. The molecule has 0 amide bonds. The summed E-state index contributed by atoms with van der Waals surface area (Å²) in [6, 6.07) is 4.14. The summed E-state index contributed by atoms with van der Waals surface area (Å²) in [6.45, 7) is 4.27. The third-order valence-electron chi connectivity index (χ3n) is 2.20. The summed E-state index contributed by atoms with van der Waals surface area (Å²) < 4.78 is 1.98. The van der Waals surface area contributed by atoms with Crippen LogP contribution < -0.4 is 0 Å². The average molecular weight is 175 g/mol. The minimum Gasteiger partial charge on any atom is -0.332 e. The van der Waals surface area contributed by atoms with Crippen LogP contribution in [0.3, 0.4) is 0 Å². The molecule has 0 bridgehead atoms. The smallest absolute Gasteiger partial charge is 0.177 e. The molecule has 2 aromatic heterocycles. The van der Waals surface area contributed by atoms with Crippen molar-refractivity contribution in [2.45, 2.75) is 19.8 Å². The van der Waals surface area contributed by atoms with Gasteiger partial charge in [-0.3, -0.25) is 0 Å². The molecule has 0 aliphatic heterocycles. The molecule has 0 N–H and O–H groups in total. The number of aromatic nitrogens is 3. The summed E-state index contributed by atoms with van der Waals surface area (Å²) in [7, 11) is 1.98. The largest absolute Gasteiger partial charge is 0.332 e. The second-order valence-electron chi connectivity index (χ2n) is 3.59. The lowest BCUT2D eigenvalue weighted by molar-refractivity contribution is 0.828. The topological polar surface area (TPSA) is 30.7 Å². The van der Waals surface area contributed by atoms with E-state index in [-0.39, 0.29) is 0 Å². The van der Waals surface area contributed by atoms with Crippen LogP contribution in [0.1, 0.15) is 25.5 Å². The average Bonchev–Trinajstić information content (AvgIpc) is 2.47. The van der Waals surface area contributed by atoms with Crippen molar-refractivity contribution in [1.82, 2.24) is 14.5 Å². The predicted octanol–water partition coefficient (Wildman–Crippen LogP) is 2.09. The Morgan fingerprint density at radius 1 is 1.31 bits per heavy atom. The monoisotopic (exact) mass is 175 g/mol. The molecular formula is C10H13N3. The van der Waals surface area contributed by atoms with E-state index in [0.717, 1.165) is 16.9 Å². The lowest BCUT2D eigenvalue weighted by Crippen LogP contribution is -1.93. The molecule has 3 heteroatoms. The van der Waals surface area contributed by atoms with Crippen molar-refractivity contribution < 1.29 is 0 Å². The Labute approximate surface area is 77.4 Å². The van der Waals surface area contributed by atoms with Gasteiger partial charge in [0.1, 0.15) is 0 Å². The molecule has 2 rings (SSSR count). The standard InChI is InChI=1S/C10H13N3/c1-7(2)8-4-5-9-10(12-8)11-6-13(9)3/h4-7H,1-3H3. The number of fused-ring (bicyclic) bond motifs is 1. The summed E-state index contributed by atoms with van der Waals surface area (Å²) in [5.74, 6) is 0.464. The first-order valence-electron chi connectivity index (χ1n) is 4.46. The van der Waals surface area contributed by atoms with Crippen LogP contribution in [0, 0.1) is 0 Å². The van der Waals surface area contributed by atoms with Crippen molar-refractivity contribution in [3.63, 3.8) is 0 Å². The van der Waals surface area contributed by atoms with Gasteiger partial charge in [0.05, 0.1) is 11.8 Å². The quantitative estimate of drug-likeness (QED) is 0.664. The molecule has 0 spiro atoms. The highest BCUT2D eigenvalue weighted by Gasteiger charge is 2.04. The molecule has 68 valence electrons. The summed E-state index contributed by atoms with van der Waals surface area (Å²) in [5, 5.41) is 0. The Bertz CT molecular complexity index is 429. The first-order valence-corrected chi connectivity index (χ1v) is 4.46. The van der Waals surface area contributed by atoms with Crippen molar-refractivity contribution in [1.29, 1.82) is 0 Å². The number of hydrogen-bond acceptors (Lipinski definition) is 2. The van der Waals surface area contributed by atoms with E-state index in [0.29, 0.717) is 5.92 Å². The lowest BCUT2D eigenvalue weighted by atomic mass is 10.1. The van der Waals surface area contributed by atoms with Crippen LogP contribution in [-0.4, -0.2) is 14.5 Å². The second-order valence-corrected chi connectivity index (χ2v) is 3.59. The molecule has 0 radical (unpaired) electrons. The van der Waals surface area contributed by atoms with E-state index < -0.39 is 0 Å². The van der Waals surface area contributed by atoms with Crippen molar-refractivity contribution in [2.75, 3.05) is 0 Å². The lowest BCUT2D eigenvalue weighted by Gasteiger charge is -2.02. The number of aryl methyl sites for hydroxylation is 1. The van der Waals surface area contributed by atoms with Gasteiger partial charge in [-0.2, -0.15) is 0 Å². The van der Waals surface area contributed by atoms with E-state index in [4.69, 9.17) is 0 Å². The third kappa shape index (κ3) is 1.30. The maximum atomic E-state index is 4.46. The van der Waals surface area contributed by atoms with Crippen LogP contribution in [0.4, 0.5) is 0 Å². The normalized spacial score (nSPS) is 11.4. The van der Waals surface area contributed by atoms with Crippen LogP contribution in [0.5, 0.6) is 0 Å². The van der Waals surface area contributed by atoms with E-state index in [2.05, 4.69) is 35.9 Å². The van der Waals surface area contributed by atoms with Crippen molar-refractivity contribution >= 4 is 11.2 Å². The fourth-order valence-corrected chi connectivity index (χ4v) is 1.35. The highest BCUT2D eigenvalue weighted by Crippen LogP contribution is 2.15. The van der Waals surface area contributed by atoms with E-state index in [1.165, 1.54) is 0 Å². The number of rotatable bonds is 1. The maximum absolute atomic E-state index is 4.46. The second kappa shape index (κ2) is 2.83. The number of hydrogen-bond donors (Lipinski definition) is 0. The van der Waals surface area contributed by atoms with Gasteiger partial charge >= 0.3 is 0 Å². The van der Waals surface area contributed by atoms with Gasteiger partial charge in [-0.15, -0.1) is 0 Å². The number of imidazole rings is 1. The molecule has 13 heavy (non-hydrogen) atoms. The Balaban J connectivity index is 2.63. The molecule has 0 aliphatic carbocycles. The Kier molecular flexibility index (Phi) is 1.79. The Morgan fingerprint density at radius 3 is 2.77 bits per heavy atom. The van der Waals surface area contributed by atoms with Crippen LogP contribution >= 0.6 is 0 Å². The van der Waals surface area contributed by atoms with Gasteiger partial charge in [0.25, 0.3) is 0 Å². The number of nitrogens with zero attached hydrogens (tertiary/aromatic N) is 3. The molecule has 0 aliphatic rings. The first-order chi connectivity index (χ1) is 6.18. The zero-order chi connectivity index (χ0) is 9.42. The van der Waals surface area contributed by atoms with Crippen LogP contribution in [0.25, 0.3) is 11.2 Å². The van der Waals surface area contributed by atoms with Gasteiger partial charge in [-0.25, -0.2) is 9.97 Å². The van der Waals surface area contributed by atoms with Gasteiger partial charge in [-0.05, 0) is 18.1 Å². The van der Waals surface area contributed by atoms with Gasteiger partial charge in [0.15, 0.2) is 5.65 Å². The SMILES string of the molecule is CC(C)c1ccc2c(ncn2C)n1. The van der Waals surface area contributed by atoms with Crippen molar-refractivity contribution in [3.8, 4) is 0 Å². The molecule has 0 saturated heterocycles. The zero-order valence-corrected chi connectivity index (χ0v) is 8.15. The third-order valence-corrected chi connectivity index (χ3v) is 2.20. The van der Waals surface area contributed by atoms with E-state index in [1.54, 1.807) is 6.33 Å². The highest BCUT2D eigenvalue weighted by atomic mass is 15.1. The first kappa shape index (κ1) is 8.23. The van der Waals surface area contributed by atoms with Crippen LogP contribution in [0.2, 0.25) is 0 Å². The van der Waals surface area contributed by atoms with E-state index in [1.807, 2.05) is 11.6 Å². The zero-order valence-electron chi connectivity index (χ0n) is 8.15. The summed E-state index contributed by atoms with van der Waals surface area (Å²) in [5.41, 5.74) is 3.03. The molecule has 3 nitrogen and oxygen atoms in total. The summed E-state index contributed by atoms with van der Waals surface area (Å²) in [4.78, 5) is 8.68. The van der Waals surface area contributed by atoms with Crippen LogP contribution in [-0.2, 0) is 7.05 Å². The Hall–Kier alpha value is -1.38. The molecule has 0 aromatic carbocycles. The molecular weight excluding hydrogens is 162 g/mol. The van der Waals surface area contributed by atoms with Gasteiger partial charge in [0, 0.05) is 12.7 Å². The predicted molar refractivity (Wildman–Crippen MR) is 52.6 cm³/mol. The molecule has 2 heterocycles. The maximum Gasteiger partial charge on any atom is 0.177 e. The minimum absolute atomic E-state index is 0.464. The van der Waals surface area contributed by atoms with Crippen molar-refractivity contribution in [3.05, 3.63) is 24.2 Å². The van der Waals surface area contributed by atoms with Crippen LogP contribution in [0.15, 0.2) is 18.5 Å². The summed E-state index contributed by atoms with van der Waals surface area (Å²) in [6.07, 6.45) is 1.79. The molecule has 2 aromatic rings. The van der Waals surface area contributed by atoms with E-state index in [9.17, 15) is 0 Å². The molecule has 0 atom stereocenters. The van der Waals surface area contributed by atoms with Gasteiger partial charge < -0.3 is 4.57 Å². The fraction of sp³-hybridized carbons (Fsp3) is 0.400. The minimum atomic E-state index is 0.464. The van der Waals surface area contributed by atoms with Gasteiger partial charge in [0.2, 0.25) is 0 Å². The Morgan fingerprint density at radius 2 is 2.08 bits per heavy atom. The highest BCUT2D eigenvalue weighted by molar-refractivity contribution is 5.70. The molecule has 0 fully saturated rings. The molecule has 0 unspecified atom stereocenters. The van der Waals surface area contributed by atoms with E-state index >= 15 is 0 Å². The summed E-state index contributed by atoms with van der Waals surface area (Å²) >= 11 is 0. The van der Waals surface area contributed by atoms with Gasteiger partial charge in [-0.1, -0.05) is 13.8 Å².